The highest BCUT2D eigenvalue weighted by molar-refractivity contribution is 6.31. The average molecular weight is 205 g/mol. The number of aromatic nitrogens is 2. The molecule has 0 unspecified atom stereocenters. The van der Waals surface area contributed by atoms with Crippen LogP contribution in [0.4, 0.5) is 0 Å². The minimum atomic E-state index is 0.455. The first-order valence-corrected chi connectivity index (χ1v) is 4.70. The van der Waals surface area contributed by atoms with E-state index in [9.17, 15) is 0 Å². The van der Waals surface area contributed by atoms with E-state index in [-0.39, 0.29) is 0 Å². The summed E-state index contributed by atoms with van der Waals surface area (Å²) in [6.07, 6.45) is 1.72. The highest BCUT2D eigenvalue weighted by atomic mass is 35.5. The van der Waals surface area contributed by atoms with Gasteiger partial charge in [0.2, 0.25) is 0 Å². The van der Waals surface area contributed by atoms with Crippen LogP contribution in [0, 0.1) is 6.92 Å². The minimum absolute atomic E-state index is 0.455. The Labute approximate surface area is 87.6 Å². The lowest BCUT2D eigenvalue weighted by atomic mass is 10.2. The summed E-state index contributed by atoms with van der Waals surface area (Å²) in [4.78, 5) is 8.41. The van der Waals surface area contributed by atoms with Gasteiger partial charge in [0, 0.05) is 11.8 Å². The smallest absolute Gasteiger partial charge is 0.155 e. The molecule has 2 rings (SSSR count). The van der Waals surface area contributed by atoms with Crippen molar-refractivity contribution in [1.82, 2.24) is 9.97 Å². The molecule has 0 aliphatic heterocycles. The molecule has 2 nitrogen and oxygen atoms in total. The van der Waals surface area contributed by atoms with Crippen molar-refractivity contribution in [3.63, 3.8) is 0 Å². The number of benzene rings is 1. The molecule has 0 radical (unpaired) electrons. The van der Waals surface area contributed by atoms with Crippen LogP contribution in [0.15, 0.2) is 36.5 Å². The predicted octanol–water partition coefficient (Wildman–Crippen LogP) is 3.11. The van der Waals surface area contributed by atoms with Gasteiger partial charge in [-0.15, -0.1) is 0 Å². The number of halogens is 1. The fraction of sp³-hybridized carbons (Fsp3) is 0.0909. The van der Waals surface area contributed by atoms with Gasteiger partial charge in [-0.05, 0) is 6.92 Å². The number of aryl methyl sites for hydroxylation is 1. The first-order chi connectivity index (χ1) is 6.77. The standard InChI is InChI=1S/C11H9ClN2/c1-8-7-13-10(11(12)14-8)9-5-3-2-4-6-9/h2-7H,1H3. The van der Waals surface area contributed by atoms with Crippen LogP contribution in [0.1, 0.15) is 5.69 Å². The summed E-state index contributed by atoms with van der Waals surface area (Å²) >= 11 is 5.99. The van der Waals surface area contributed by atoms with Gasteiger partial charge in [0.15, 0.2) is 5.15 Å². The molecular weight excluding hydrogens is 196 g/mol. The third kappa shape index (κ3) is 1.75. The van der Waals surface area contributed by atoms with E-state index in [1.807, 2.05) is 37.3 Å². The molecular formula is C11H9ClN2. The Hall–Kier alpha value is -1.41. The van der Waals surface area contributed by atoms with E-state index in [1.165, 1.54) is 0 Å². The maximum atomic E-state index is 5.99. The van der Waals surface area contributed by atoms with Crippen molar-refractivity contribution in [3.05, 3.63) is 47.4 Å². The molecule has 0 saturated heterocycles. The number of nitrogens with zero attached hydrogens (tertiary/aromatic N) is 2. The zero-order chi connectivity index (χ0) is 9.97. The van der Waals surface area contributed by atoms with Gasteiger partial charge < -0.3 is 0 Å². The lowest BCUT2D eigenvalue weighted by Crippen LogP contribution is -1.90. The molecule has 1 aromatic carbocycles. The molecule has 0 bridgehead atoms. The van der Waals surface area contributed by atoms with E-state index in [1.54, 1.807) is 6.20 Å². The van der Waals surface area contributed by atoms with Crippen molar-refractivity contribution in [3.8, 4) is 11.3 Å². The summed E-state index contributed by atoms with van der Waals surface area (Å²) in [6.45, 7) is 1.87. The van der Waals surface area contributed by atoms with Crippen molar-refractivity contribution in [1.29, 1.82) is 0 Å². The molecule has 3 heteroatoms. The van der Waals surface area contributed by atoms with E-state index >= 15 is 0 Å². The van der Waals surface area contributed by atoms with Gasteiger partial charge in [-0.3, -0.25) is 4.98 Å². The topological polar surface area (TPSA) is 25.8 Å². The average Bonchev–Trinajstić information content (AvgIpc) is 2.19. The summed E-state index contributed by atoms with van der Waals surface area (Å²) < 4.78 is 0. The predicted molar refractivity (Wildman–Crippen MR) is 57.2 cm³/mol. The molecule has 0 spiro atoms. The van der Waals surface area contributed by atoms with Crippen LogP contribution in [0.5, 0.6) is 0 Å². The number of hydrogen-bond donors (Lipinski definition) is 0. The molecule has 0 aliphatic carbocycles. The maximum absolute atomic E-state index is 5.99. The fourth-order valence-corrected chi connectivity index (χ4v) is 1.53. The summed E-state index contributed by atoms with van der Waals surface area (Å²) in [6, 6.07) is 9.79. The van der Waals surface area contributed by atoms with E-state index in [2.05, 4.69) is 9.97 Å². The normalized spacial score (nSPS) is 10.1. The molecule has 14 heavy (non-hydrogen) atoms. The van der Waals surface area contributed by atoms with Crippen LogP contribution in [-0.2, 0) is 0 Å². The van der Waals surface area contributed by atoms with Crippen LogP contribution in [-0.4, -0.2) is 9.97 Å². The minimum Gasteiger partial charge on any atom is -0.251 e. The van der Waals surface area contributed by atoms with Crippen LogP contribution in [0.25, 0.3) is 11.3 Å². The van der Waals surface area contributed by atoms with E-state index in [4.69, 9.17) is 11.6 Å². The molecule has 0 saturated carbocycles. The SMILES string of the molecule is Cc1cnc(-c2ccccc2)c(Cl)n1. The van der Waals surface area contributed by atoms with Crippen LogP contribution < -0.4 is 0 Å². The van der Waals surface area contributed by atoms with Gasteiger partial charge in [0.25, 0.3) is 0 Å². The van der Waals surface area contributed by atoms with E-state index < -0.39 is 0 Å². The number of rotatable bonds is 1. The molecule has 0 fully saturated rings. The quantitative estimate of drug-likeness (QED) is 0.714. The molecule has 70 valence electrons. The van der Waals surface area contributed by atoms with E-state index in [0.717, 1.165) is 17.0 Å². The van der Waals surface area contributed by atoms with Crippen molar-refractivity contribution in [2.45, 2.75) is 6.92 Å². The van der Waals surface area contributed by atoms with Crippen molar-refractivity contribution in [2.24, 2.45) is 0 Å². The second-order valence-electron chi connectivity index (χ2n) is 3.02. The van der Waals surface area contributed by atoms with Gasteiger partial charge in [0.1, 0.15) is 5.69 Å². The molecule has 1 heterocycles. The van der Waals surface area contributed by atoms with Gasteiger partial charge in [0.05, 0.1) is 5.69 Å². The van der Waals surface area contributed by atoms with Gasteiger partial charge in [-0.25, -0.2) is 4.98 Å². The first-order valence-electron chi connectivity index (χ1n) is 4.32. The summed E-state index contributed by atoms with van der Waals surface area (Å²) in [7, 11) is 0. The lowest BCUT2D eigenvalue weighted by Gasteiger charge is -2.02. The van der Waals surface area contributed by atoms with Gasteiger partial charge in [-0.2, -0.15) is 0 Å². The third-order valence-corrected chi connectivity index (χ3v) is 2.16. The third-order valence-electron chi connectivity index (χ3n) is 1.90. The number of hydrogen-bond acceptors (Lipinski definition) is 2. The maximum Gasteiger partial charge on any atom is 0.155 e. The molecule has 1 aromatic heterocycles. The molecule has 2 aromatic rings. The molecule has 0 aliphatic rings. The Morgan fingerprint density at radius 2 is 1.86 bits per heavy atom. The Morgan fingerprint density at radius 3 is 2.50 bits per heavy atom. The monoisotopic (exact) mass is 204 g/mol. The molecule has 0 N–H and O–H groups in total. The van der Waals surface area contributed by atoms with Crippen molar-refractivity contribution < 1.29 is 0 Å². The Bertz CT molecular complexity index is 440. The zero-order valence-electron chi connectivity index (χ0n) is 7.74. The van der Waals surface area contributed by atoms with E-state index in [0.29, 0.717) is 5.15 Å². The van der Waals surface area contributed by atoms with Crippen LogP contribution in [0.2, 0.25) is 5.15 Å². The Balaban J connectivity index is 2.53. The second kappa shape index (κ2) is 3.76. The van der Waals surface area contributed by atoms with Crippen LogP contribution in [0.3, 0.4) is 0 Å². The molecule has 0 atom stereocenters. The lowest BCUT2D eigenvalue weighted by molar-refractivity contribution is 1.12. The van der Waals surface area contributed by atoms with Gasteiger partial charge >= 0.3 is 0 Å². The Morgan fingerprint density at radius 1 is 1.14 bits per heavy atom. The van der Waals surface area contributed by atoms with Crippen molar-refractivity contribution >= 4 is 11.6 Å². The van der Waals surface area contributed by atoms with Crippen LogP contribution >= 0.6 is 11.6 Å². The van der Waals surface area contributed by atoms with Gasteiger partial charge in [-0.1, -0.05) is 41.9 Å². The largest absolute Gasteiger partial charge is 0.251 e. The molecule has 0 amide bonds. The Kier molecular flexibility index (Phi) is 2.46. The first kappa shape index (κ1) is 9.16. The zero-order valence-corrected chi connectivity index (χ0v) is 8.49. The summed E-state index contributed by atoms with van der Waals surface area (Å²) in [5.41, 5.74) is 2.55. The summed E-state index contributed by atoms with van der Waals surface area (Å²) in [5, 5.41) is 0.455. The summed E-state index contributed by atoms with van der Waals surface area (Å²) in [5.74, 6) is 0. The highest BCUT2D eigenvalue weighted by Crippen LogP contribution is 2.23. The van der Waals surface area contributed by atoms with Crippen molar-refractivity contribution in [2.75, 3.05) is 0 Å². The second-order valence-corrected chi connectivity index (χ2v) is 3.37. The highest BCUT2D eigenvalue weighted by Gasteiger charge is 2.05. The fourth-order valence-electron chi connectivity index (χ4n) is 1.24.